The van der Waals surface area contributed by atoms with Crippen molar-refractivity contribution in [3.63, 3.8) is 0 Å². The van der Waals surface area contributed by atoms with Crippen molar-refractivity contribution in [1.82, 2.24) is 0 Å². The van der Waals surface area contributed by atoms with Gasteiger partial charge in [0.05, 0.1) is 6.54 Å². The van der Waals surface area contributed by atoms with Crippen LogP contribution in [0, 0.1) is 11.8 Å². The molecule has 0 radical (unpaired) electrons. The summed E-state index contributed by atoms with van der Waals surface area (Å²) in [6.07, 6.45) is 0. The minimum Gasteiger partial charge on any atom is -0.388 e. The van der Waals surface area contributed by atoms with Gasteiger partial charge in [-0.3, -0.25) is 0 Å². The zero-order chi connectivity index (χ0) is 10.2. The van der Waals surface area contributed by atoms with Crippen LogP contribution in [0.1, 0.15) is 5.56 Å². The van der Waals surface area contributed by atoms with Crippen molar-refractivity contribution >= 4 is 5.69 Å². The Morgan fingerprint density at radius 3 is 2.71 bits per heavy atom. The largest absolute Gasteiger partial charge is 0.388 e. The minimum atomic E-state index is 0.213. The molecule has 0 aliphatic rings. The highest BCUT2D eigenvalue weighted by Gasteiger charge is 1.87. The molecule has 0 spiro atoms. The van der Waals surface area contributed by atoms with E-state index in [2.05, 4.69) is 27.2 Å². The first-order chi connectivity index (χ1) is 6.86. The van der Waals surface area contributed by atoms with Crippen LogP contribution < -0.4 is 5.32 Å². The number of hydrogen-bond donors (Lipinski definition) is 1. The molecule has 1 rings (SSSR count). The number of nitrogens with one attached hydrogen (secondary N) is 1. The molecule has 4 nitrogen and oxygen atoms in total. The molecule has 0 bridgehead atoms. The van der Waals surface area contributed by atoms with E-state index in [1.54, 1.807) is 0 Å². The van der Waals surface area contributed by atoms with E-state index >= 15 is 0 Å². The van der Waals surface area contributed by atoms with Crippen LogP contribution in [0.5, 0.6) is 0 Å². The molecule has 0 aromatic heterocycles. The van der Waals surface area contributed by atoms with E-state index < -0.39 is 0 Å². The lowest BCUT2D eigenvalue weighted by atomic mass is 10.2. The van der Waals surface area contributed by atoms with E-state index in [9.17, 15) is 0 Å². The van der Waals surface area contributed by atoms with Crippen molar-refractivity contribution in [2.75, 3.05) is 18.9 Å². The third-order valence-corrected chi connectivity index (χ3v) is 1.62. The van der Waals surface area contributed by atoms with Crippen molar-refractivity contribution in [3.05, 3.63) is 40.3 Å². The Morgan fingerprint density at radius 1 is 1.43 bits per heavy atom. The first kappa shape index (κ1) is 9.97. The quantitative estimate of drug-likeness (QED) is 0.328. The third-order valence-electron chi connectivity index (χ3n) is 1.62. The molecular weight excluding hydrogens is 176 g/mol. The van der Waals surface area contributed by atoms with Gasteiger partial charge in [0, 0.05) is 23.2 Å². The summed E-state index contributed by atoms with van der Waals surface area (Å²) in [5.74, 6) is 5.64. The predicted molar refractivity (Wildman–Crippen MR) is 56.9 cm³/mol. The van der Waals surface area contributed by atoms with Crippen LogP contribution in [-0.4, -0.2) is 13.6 Å². The standard InChI is InChI=1S/C10H10N4/c1-12-10-6-4-9(5-7-10)3-2-8-13-14-11/h4-7,12H,8H2,1H3. The second kappa shape index (κ2) is 5.52. The molecule has 0 aliphatic carbocycles. The minimum absolute atomic E-state index is 0.213. The Bertz CT molecular complexity index is 390. The van der Waals surface area contributed by atoms with Crippen molar-refractivity contribution in [2.45, 2.75) is 0 Å². The van der Waals surface area contributed by atoms with Crippen molar-refractivity contribution in [3.8, 4) is 11.8 Å². The fourth-order valence-electron chi connectivity index (χ4n) is 0.929. The first-order valence-electron chi connectivity index (χ1n) is 4.14. The summed E-state index contributed by atoms with van der Waals surface area (Å²) in [7, 11) is 1.86. The van der Waals surface area contributed by atoms with E-state index in [1.165, 1.54) is 0 Å². The van der Waals surface area contributed by atoms with Crippen LogP contribution in [-0.2, 0) is 0 Å². The molecule has 4 heteroatoms. The number of azide groups is 1. The van der Waals surface area contributed by atoms with Crippen LogP contribution in [0.3, 0.4) is 0 Å². The van der Waals surface area contributed by atoms with Crippen LogP contribution >= 0.6 is 0 Å². The van der Waals surface area contributed by atoms with Gasteiger partial charge in [-0.05, 0) is 29.8 Å². The van der Waals surface area contributed by atoms with E-state index in [1.807, 2.05) is 31.3 Å². The van der Waals surface area contributed by atoms with Gasteiger partial charge in [0.2, 0.25) is 0 Å². The molecule has 1 aromatic carbocycles. The molecule has 0 unspecified atom stereocenters. The van der Waals surface area contributed by atoms with Crippen molar-refractivity contribution < 1.29 is 0 Å². The Kier molecular flexibility index (Phi) is 3.93. The summed E-state index contributed by atoms with van der Waals surface area (Å²) >= 11 is 0. The number of anilines is 1. The molecule has 0 heterocycles. The molecule has 1 N–H and O–H groups in total. The molecule has 14 heavy (non-hydrogen) atoms. The van der Waals surface area contributed by atoms with Crippen LogP contribution in [0.15, 0.2) is 29.4 Å². The molecule has 0 amide bonds. The zero-order valence-corrected chi connectivity index (χ0v) is 7.86. The zero-order valence-electron chi connectivity index (χ0n) is 7.86. The van der Waals surface area contributed by atoms with Crippen LogP contribution in [0.2, 0.25) is 0 Å². The Balaban J connectivity index is 2.66. The smallest absolute Gasteiger partial charge is 0.0880 e. The predicted octanol–water partition coefficient (Wildman–Crippen LogP) is 2.39. The van der Waals surface area contributed by atoms with E-state index in [0.717, 1.165) is 11.3 Å². The highest BCUT2D eigenvalue weighted by Crippen LogP contribution is 2.06. The van der Waals surface area contributed by atoms with Crippen LogP contribution in [0.25, 0.3) is 10.4 Å². The Labute approximate surface area is 82.6 Å². The Morgan fingerprint density at radius 2 is 2.14 bits per heavy atom. The molecular formula is C10H10N4. The summed E-state index contributed by atoms with van der Waals surface area (Å²) in [6, 6.07) is 7.71. The normalized spacial score (nSPS) is 8.07. The van der Waals surface area contributed by atoms with E-state index in [0.29, 0.717) is 0 Å². The number of benzene rings is 1. The molecule has 70 valence electrons. The van der Waals surface area contributed by atoms with Crippen LogP contribution in [0.4, 0.5) is 5.69 Å². The number of hydrogen-bond acceptors (Lipinski definition) is 2. The summed E-state index contributed by atoms with van der Waals surface area (Å²) in [6.45, 7) is 0.213. The maximum Gasteiger partial charge on any atom is 0.0880 e. The fourth-order valence-corrected chi connectivity index (χ4v) is 0.929. The molecule has 0 atom stereocenters. The Hall–Kier alpha value is -2.11. The maximum atomic E-state index is 8.01. The molecule has 0 aliphatic heterocycles. The van der Waals surface area contributed by atoms with Gasteiger partial charge < -0.3 is 5.32 Å². The van der Waals surface area contributed by atoms with Gasteiger partial charge in [-0.25, -0.2) is 0 Å². The van der Waals surface area contributed by atoms with Gasteiger partial charge >= 0.3 is 0 Å². The lowest BCUT2D eigenvalue weighted by molar-refractivity contribution is 1.25. The van der Waals surface area contributed by atoms with Gasteiger partial charge in [-0.1, -0.05) is 17.0 Å². The first-order valence-corrected chi connectivity index (χ1v) is 4.14. The highest BCUT2D eigenvalue weighted by molar-refractivity contribution is 5.47. The second-order valence-electron chi connectivity index (χ2n) is 2.52. The summed E-state index contributed by atoms with van der Waals surface area (Å²) < 4.78 is 0. The molecule has 0 saturated carbocycles. The average molecular weight is 186 g/mol. The second-order valence-corrected chi connectivity index (χ2v) is 2.52. The molecule has 1 aromatic rings. The average Bonchev–Trinajstić information content (AvgIpc) is 2.25. The lowest BCUT2D eigenvalue weighted by Crippen LogP contribution is -1.86. The topological polar surface area (TPSA) is 60.8 Å². The summed E-state index contributed by atoms with van der Waals surface area (Å²) in [5.41, 5.74) is 9.97. The van der Waals surface area contributed by atoms with Gasteiger partial charge in [-0.15, -0.1) is 0 Å². The van der Waals surface area contributed by atoms with Gasteiger partial charge in [0.15, 0.2) is 0 Å². The van der Waals surface area contributed by atoms with Gasteiger partial charge in [-0.2, -0.15) is 0 Å². The lowest BCUT2D eigenvalue weighted by Gasteiger charge is -1.97. The third kappa shape index (κ3) is 3.10. The SMILES string of the molecule is CNc1ccc(C#CCN=[N+]=[N-])cc1. The maximum absolute atomic E-state index is 8.01. The number of nitrogens with zero attached hydrogens (tertiary/aromatic N) is 3. The van der Waals surface area contributed by atoms with Gasteiger partial charge in [0.25, 0.3) is 0 Å². The number of rotatable bonds is 2. The monoisotopic (exact) mass is 186 g/mol. The van der Waals surface area contributed by atoms with Crippen molar-refractivity contribution in [1.29, 1.82) is 0 Å². The summed E-state index contributed by atoms with van der Waals surface area (Å²) in [4.78, 5) is 2.61. The summed E-state index contributed by atoms with van der Waals surface area (Å²) in [5, 5.41) is 6.33. The van der Waals surface area contributed by atoms with E-state index in [4.69, 9.17) is 5.53 Å². The fraction of sp³-hybridized carbons (Fsp3) is 0.200. The van der Waals surface area contributed by atoms with Gasteiger partial charge in [0.1, 0.15) is 0 Å². The molecule has 0 fully saturated rings. The van der Waals surface area contributed by atoms with E-state index in [-0.39, 0.29) is 6.54 Å². The highest BCUT2D eigenvalue weighted by atomic mass is 15.1. The molecule has 0 saturated heterocycles. The van der Waals surface area contributed by atoms with Crippen molar-refractivity contribution in [2.24, 2.45) is 5.11 Å².